The minimum Gasteiger partial charge on any atom is -0.334 e. The molecule has 0 saturated carbocycles. The molecule has 7 heteroatoms. The molecule has 0 radical (unpaired) electrons. The van der Waals surface area contributed by atoms with Crippen LogP contribution in [0.4, 0.5) is 0 Å². The second-order valence-corrected chi connectivity index (χ2v) is 7.22. The molecule has 5 nitrogen and oxygen atoms in total. The third-order valence-corrected chi connectivity index (χ3v) is 5.11. The second kappa shape index (κ2) is 7.19. The fraction of sp³-hybridized carbons (Fsp3) is 0.235. The first-order valence-corrected chi connectivity index (χ1v) is 9.65. The summed E-state index contributed by atoms with van der Waals surface area (Å²) in [5, 5.41) is 1.84. The summed E-state index contributed by atoms with van der Waals surface area (Å²) in [6.07, 6.45) is 2.03. The molecular weight excluding hydrogens is 342 g/mol. The summed E-state index contributed by atoms with van der Waals surface area (Å²) in [5.41, 5.74) is 2.27. The lowest BCUT2D eigenvalue weighted by atomic mass is 10.1. The molecule has 3 aromatic rings. The summed E-state index contributed by atoms with van der Waals surface area (Å²) >= 11 is 3.08. The van der Waals surface area contributed by atoms with E-state index in [9.17, 15) is 9.59 Å². The summed E-state index contributed by atoms with van der Waals surface area (Å²) < 4.78 is 0.609. The van der Waals surface area contributed by atoms with Crippen LogP contribution in [-0.2, 0) is 12.3 Å². The summed E-state index contributed by atoms with van der Waals surface area (Å²) in [7, 11) is 1.71. The lowest BCUT2D eigenvalue weighted by molar-refractivity contribution is 0.0781. The first kappa shape index (κ1) is 16.7. The van der Waals surface area contributed by atoms with Gasteiger partial charge in [-0.15, -0.1) is 11.3 Å². The molecule has 124 valence electrons. The summed E-state index contributed by atoms with van der Waals surface area (Å²) in [5.74, 6) is 1.27. The van der Waals surface area contributed by atoms with Gasteiger partial charge in [0, 0.05) is 18.4 Å². The Bertz CT molecular complexity index is 933. The van der Waals surface area contributed by atoms with Crippen molar-refractivity contribution in [2.75, 3.05) is 13.3 Å². The first-order valence-electron chi connectivity index (χ1n) is 7.38. The molecule has 0 atom stereocenters. The topological polar surface area (TPSA) is 66.1 Å². The van der Waals surface area contributed by atoms with Gasteiger partial charge in [0.25, 0.3) is 11.5 Å². The van der Waals surface area contributed by atoms with Crippen LogP contribution in [0.15, 0.2) is 40.5 Å². The van der Waals surface area contributed by atoms with Crippen LogP contribution >= 0.6 is 23.1 Å². The van der Waals surface area contributed by atoms with Gasteiger partial charge in [0.15, 0.2) is 0 Å². The Morgan fingerprint density at radius 1 is 1.38 bits per heavy atom. The number of fused-ring (bicyclic) bond motifs is 1. The Labute approximate surface area is 147 Å². The van der Waals surface area contributed by atoms with Gasteiger partial charge in [-0.25, -0.2) is 4.98 Å². The fourth-order valence-corrected chi connectivity index (χ4v) is 3.71. The van der Waals surface area contributed by atoms with Gasteiger partial charge in [-0.3, -0.25) is 9.59 Å². The monoisotopic (exact) mass is 359 g/mol. The van der Waals surface area contributed by atoms with Gasteiger partial charge in [-0.05, 0) is 35.4 Å². The molecule has 0 spiro atoms. The van der Waals surface area contributed by atoms with Crippen LogP contribution in [0.1, 0.15) is 21.7 Å². The molecule has 24 heavy (non-hydrogen) atoms. The normalized spacial score (nSPS) is 10.9. The van der Waals surface area contributed by atoms with E-state index in [-0.39, 0.29) is 18.0 Å². The molecule has 0 aliphatic heterocycles. The number of carbonyl (C=O) groups excluding carboxylic acids is 1. The van der Waals surface area contributed by atoms with Gasteiger partial charge in [0.05, 0.1) is 12.1 Å². The molecule has 2 heterocycles. The lowest BCUT2D eigenvalue weighted by Crippen LogP contribution is -2.28. The van der Waals surface area contributed by atoms with E-state index in [1.807, 2.05) is 35.9 Å². The molecule has 1 N–H and O–H groups in total. The Morgan fingerprint density at radius 2 is 2.21 bits per heavy atom. The number of hydrogen-bond acceptors (Lipinski definition) is 5. The highest BCUT2D eigenvalue weighted by molar-refractivity contribution is 7.97. The third-order valence-electron chi connectivity index (χ3n) is 3.58. The smallest absolute Gasteiger partial charge is 0.268 e. The second-order valence-electron chi connectivity index (χ2n) is 5.44. The Kier molecular flexibility index (Phi) is 5.01. The van der Waals surface area contributed by atoms with Crippen molar-refractivity contribution in [2.45, 2.75) is 12.3 Å². The Hall–Kier alpha value is -2.12. The molecule has 0 fully saturated rings. The van der Waals surface area contributed by atoms with Crippen molar-refractivity contribution >= 4 is 39.2 Å². The van der Waals surface area contributed by atoms with Gasteiger partial charge in [0.2, 0.25) is 0 Å². The van der Waals surface area contributed by atoms with Crippen molar-refractivity contribution in [3.05, 3.63) is 63.0 Å². The van der Waals surface area contributed by atoms with Crippen LogP contribution in [-0.4, -0.2) is 34.1 Å². The van der Waals surface area contributed by atoms with Crippen molar-refractivity contribution in [1.29, 1.82) is 0 Å². The molecule has 0 aliphatic carbocycles. The predicted octanol–water partition coefficient (Wildman–Crippen LogP) is 3.12. The van der Waals surface area contributed by atoms with Crippen LogP contribution in [0.2, 0.25) is 0 Å². The van der Waals surface area contributed by atoms with E-state index in [1.165, 1.54) is 11.3 Å². The van der Waals surface area contributed by atoms with Crippen LogP contribution in [0, 0.1) is 0 Å². The molecule has 1 aromatic carbocycles. The van der Waals surface area contributed by atoms with Crippen LogP contribution in [0.3, 0.4) is 0 Å². The Balaban J connectivity index is 1.80. The minimum absolute atomic E-state index is 0.0917. The van der Waals surface area contributed by atoms with Crippen molar-refractivity contribution in [2.24, 2.45) is 0 Å². The standard InChI is InChI=1S/C17H17N3O2S2/c1-20(17(22)12-5-3-4-11(8-12)10-23-2)9-14-18-13-6-7-24-15(13)16(21)19-14/h3-8H,9-10H2,1-2H3,(H,18,19,21). The van der Waals surface area contributed by atoms with Crippen LogP contribution in [0.25, 0.3) is 10.2 Å². The van der Waals surface area contributed by atoms with E-state index in [1.54, 1.807) is 29.8 Å². The molecule has 1 amide bonds. The van der Waals surface area contributed by atoms with Gasteiger partial charge >= 0.3 is 0 Å². The lowest BCUT2D eigenvalue weighted by Gasteiger charge is -2.17. The molecule has 0 saturated heterocycles. The van der Waals surface area contributed by atoms with E-state index in [2.05, 4.69) is 9.97 Å². The van der Waals surface area contributed by atoms with Crippen molar-refractivity contribution < 1.29 is 4.79 Å². The van der Waals surface area contributed by atoms with Crippen molar-refractivity contribution in [1.82, 2.24) is 14.9 Å². The highest BCUT2D eigenvalue weighted by atomic mass is 32.2. The van der Waals surface area contributed by atoms with Gasteiger partial charge in [0.1, 0.15) is 10.5 Å². The van der Waals surface area contributed by atoms with E-state index in [4.69, 9.17) is 0 Å². The summed E-state index contributed by atoms with van der Waals surface area (Å²) in [6, 6.07) is 9.43. The number of H-pyrrole nitrogens is 1. The first-order chi connectivity index (χ1) is 11.6. The molecule has 2 aromatic heterocycles. The SMILES string of the molecule is CSCc1cccc(C(=O)N(C)Cc2nc3ccsc3c(=O)[nH]2)c1. The molecular formula is C17H17N3O2S2. The third kappa shape index (κ3) is 3.52. The largest absolute Gasteiger partial charge is 0.334 e. The highest BCUT2D eigenvalue weighted by Gasteiger charge is 2.14. The number of nitrogens with one attached hydrogen (secondary N) is 1. The van der Waals surface area contributed by atoms with Crippen LogP contribution in [0.5, 0.6) is 0 Å². The number of benzene rings is 1. The zero-order chi connectivity index (χ0) is 17.1. The number of amides is 1. The van der Waals surface area contributed by atoms with Crippen LogP contribution < -0.4 is 5.56 Å². The average molecular weight is 359 g/mol. The quantitative estimate of drug-likeness (QED) is 0.760. The molecule has 0 unspecified atom stereocenters. The van der Waals surface area contributed by atoms with E-state index < -0.39 is 0 Å². The number of aromatic nitrogens is 2. The van der Waals surface area contributed by atoms with E-state index in [0.717, 1.165) is 11.3 Å². The number of hydrogen-bond donors (Lipinski definition) is 1. The number of thiophene rings is 1. The number of aromatic amines is 1. The maximum atomic E-state index is 12.6. The predicted molar refractivity (Wildman–Crippen MR) is 99.7 cm³/mol. The number of carbonyl (C=O) groups is 1. The summed E-state index contributed by atoms with van der Waals surface area (Å²) in [4.78, 5) is 33.3. The molecule has 0 bridgehead atoms. The zero-order valence-corrected chi connectivity index (χ0v) is 15.0. The Morgan fingerprint density at radius 3 is 3.00 bits per heavy atom. The van der Waals surface area contributed by atoms with E-state index >= 15 is 0 Å². The minimum atomic E-state index is -0.159. The van der Waals surface area contributed by atoms with Crippen molar-refractivity contribution in [3.63, 3.8) is 0 Å². The molecule has 0 aliphatic rings. The highest BCUT2D eigenvalue weighted by Crippen LogP contribution is 2.15. The number of thioether (sulfide) groups is 1. The number of rotatable bonds is 5. The molecule has 3 rings (SSSR count). The average Bonchev–Trinajstić information content (AvgIpc) is 3.04. The van der Waals surface area contributed by atoms with Gasteiger partial charge in [-0.2, -0.15) is 11.8 Å². The maximum Gasteiger partial charge on any atom is 0.268 e. The summed E-state index contributed by atoms with van der Waals surface area (Å²) in [6.45, 7) is 0.257. The van der Waals surface area contributed by atoms with Gasteiger partial charge in [-0.1, -0.05) is 12.1 Å². The number of nitrogens with zero attached hydrogens (tertiary/aromatic N) is 2. The zero-order valence-electron chi connectivity index (χ0n) is 13.4. The maximum absolute atomic E-state index is 12.6. The van der Waals surface area contributed by atoms with E-state index in [0.29, 0.717) is 21.6 Å². The fourth-order valence-electron chi connectivity index (χ4n) is 2.47. The van der Waals surface area contributed by atoms with Gasteiger partial charge < -0.3 is 9.88 Å². The van der Waals surface area contributed by atoms with Crippen molar-refractivity contribution in [3.8, 4) is 0 Å².